The number of nitrogens with zero attached hydrogens (tertiary/aromatic N) is 2. The van der Waals surface area contributed by atoms with E-state index in [1.54, 1.807) is 0 Å². The number of nitrogen functional groups attached to an aromatic ring is 1. The van der Waals surface area contributed by atoms with Crippen molar-refractivity contribution in [1.29, 1.82) is 0 Å². The fraction of sp³-hybridized carbons (Fsp3) is 0.571. The number of nitrogens with two attached hydrogens (primary N) is 1. The minimum atomic E-state index is 0.462. The van der Waals surface area contributed by atoms with Gasteiger partial charge in [0.2, 0.25) is 0 Å². The Balaban J connectivity index is 3.05. The lowest BCUT2D eigenvalue weighted by atomic mass is 10.1. The largest absolute Gasteiger partial charge is 0.398 e. The van der Waals surface area contributed by atoms with Gasteiger partial charge in [0.25, 0.3) is 0 Å². The van der Waals surface area contributed by atoms with Crippen LogP contribution < -0.4 is 10.6 Å². The van der Waals surface area contributed by atoms with Crippen molar-refractivity contribution in [3.05, 3.63) is 22.2 Å². The maximum atomic E-state index is 5.93. The van der Waals surface area contributed by atoms with Crippen molar-refractivity contribution in [2.75, 3.05) is 37.8 Å². The predicted octanol–water partition coefficient (Wildman–Crippen LogP) is 3.12. The molecule has 1 unspecified atom stereocenters. The molecule has 1 aromatic rings. The molecule has 1 aromatic carbocycles. The average molecular weight is 314 g/mol. The van der Waals surface area contributed by atoms with E-state index in [0.717, 1.165) is 28.8 Å². The third kappa shape index (κ3) is 3.62. The number of hydrogen-bond donors (Lipinski definition) is 1. The van der Waals surface area contributed by atoms with Crippen LogP contribution in [-0.4, -0.2) is 38.1 Å². The standard InChI is InChI=1S/C14H24BrN3/c1-6-18(11(3)9-17(4)5)14-7-10(2)13(16)8-12(14)15/h7-8,11H,6,9,16H2,1-5H3. The van der Waals surface area contributed by atoms with E-state index >= 15 is 0 Å². The molecule has 1 atom stereocenters. The van der Waals surface area contributed by atoms with Gasteiger partial charge < -0.3 is 15.5 Å². The Morgan fingerprint density at radius 3 is 2.44 bits per heavy atom. The number of halogens is 1. The molecule has 0 fully saturated rings. The molecular weight excluding hydrogens is 290 g/mol. The Morgan fingerprint density at radius 2 is 1.94 bits per heavy atom. The van der Waals surface area contributed by atoms with Gasteiger partial charge in [-0.1, -0.05) is 0 Å². The number of aryl methyl sites for hydroxylation is 1. The first kappa shape index (κ1) is 15.3. The molecule has 0 aromatic heterocycles. The predicted molar refractivity (Wildman–Crippen MR) is 84.3 cm³/mol. The summed E-state index contributed by atoms with van der Waals surface area (Å²) < 4.78 is 1.07. The maximum absolute atomic E-state index is 5.93. The number of likely N-dealkylation sites (N-methyl/N-ethyl adjacent to an activating group) is 2. The first-order chi connectivity index (χ1) is 8.36. The normalized spacial score (nSPS) is 12.8. The maximum Gasteiger partial charge on any atom is 0.0517 e. The summed E-state index contributed by atoms with van der Waals surface area (Å²) in [6, 6.07) is 4.62. The fourth-order valence-corrected chi connectivity index (χ4v) is 2.84. The third-order valence-electron chi connectivity index (χ3n) is 3.15. The van der Waals surface area contributed by atoms with Crippen molar-refractivity contribution in [2.45, 2.75) is 26.8 Å². The highest BCUT2D eigenvalue weighted by atomic mass is 79.9. The molecule has 0 heterocycles. The van der Waals surface area contributed by atoms with Crippen LogP contribution in [0.1, 0.15) is 19.4 Å². The minimum Gasteiger partial charge on any atom is -0.398 e. The van der Waals surface area contributed by atoms with Crippen LogP contribution in [0.4, 0.5) is 11.4 Å². The summed E-state index contributed by atoms with van der Waals surface area (Å²) in [7, 11) is 4.21. The lowest BCUT2D eigenvalue weighted by Crippen LogP contribution is -2.40. The molecule has 0 spiro atoms. The van der Waals surface area contributed by atoms with E-state index in [1.807, 2.05) is 6.07 Å². The summed E-state index contributed by atoms with van der Waals surface area (Å²) in [5.74, 6) is 0. The van der Waals surface area contributed by atoms with Crippen LogP contribution in [0.15, 0.2) is 16.6 Å². The zero-order valence-electron chi connectivity index (χ0n) is 12.0. The van der Waals surface area contributed by atoms with E-state index < -0.39 is 0 Å². The van der Waals surface area contributed by atoms with Gasteiger partial charge in [-0.2, -0.15) is 0 Å². The first-order valence-corrected chi connectivity index (χ1v) is 7.13. The van der Waals surface area contributed by atoms with Gasteiger partial charge in [-0.05, 0) is 68.5 Å². The molecule has 0 saturated carbocycles. The number of hydrogen-bond acceptors (Lipinski definition) is 3. The zero-order valence-corrected chi connectivity index (χ0v) is 13.6. The fourth-order valence-electron chi connectivity index (χ4n) is 2.25. The van der Waals surface area contributed by atoms with E-state index in [2.05, 4.69) is 66.7 Å². The smallest absolute Gasteiger partial charge is 0.0517 e. The Bertz CT molecular complexity index is 404. The molecule has 18 heavy (non-hydrogen) atoms. The third-order valence-corrected chi connectivity index (χ3v) is 3.78. The van der Waals surface area contributed by atoms with E-state index in [9.17, 15) is 0 Å². The van der Waals surface area contributed by atoms with Crippen molar-refractivity contribution in [1.82, 2.24) is 4.90 Å². The lowest BCUT2D eigenvalue weighted by Gasteiger charge is -2.33. The SMILES string of the molecule is CCN(c1cc(C)c(N)cc1Br)C(C)CN(C)C. The summed E-state index contributed by atoms with van der Waals surface area (Å²) in [4.78, 5) is 4.61. The molecule has 0 aliphatic carbocycles. The monoisotopic (exact) mass is 313 g/mol. The van der Waals surface area contributed by atoms with Gasteiger partial charge in [-0.15, -0.1) is 0 Å². The van der Waals surface area contributed by atoms with Gasteiger partial charge in [0, 0.05) is 29.3 Å². The van der Waals surface area contributed by atoms with Crippen LogP contribution in [0.5, 0.6) is 0 Å². The highest BCUT2D eigenvalue weighted by Gasteiger charge is 2.16. The number of benzene rings is 1. The second kappa shape index (κ2) is 6.43. The Hall–Kier alpha value is -0.740. The highest BCUT2D eigenvalue weighted by Crippen LogP contribution is 2.31. The molecule has 2 N–H and O–H groups in total. The molecule has 0 bridgehead atoms. The molecule has 1 rings (SSSR count). The average Bonchev–Trinajstić information content (AvgIpc) is 2.25. The van der Waals surface area contributed by atoms with Gasteiger partial charge in [-0.25, -0.2) is 0 Å². The van der Waals surface area contributed by atoms with Crippen molar-refractivity contribution in [3.8, 4) is 0 Å². The lowest BCUT2D eigenvalue weighted by molar-refractivity contribution is 0.373. The van der Waals surface area contributed by atoms with Gasteiger partial charge in [0.05, 0.1) is 5.69 Å². The quantitative estimate of drug-likeness (QED) is 0.848. The molecule has 102 valence electrons. The van der Waals surface area contributed by atoms with E-state index in [-0.39, 0.29) is 0 Å². The Kier molecular flexibility index (Phi) is 5.47. The molecule has 0 aliphatic rings. The molecular formula is C14H24BrN3. The minimum absolute atomic E-state index is 0.462. The van der Waals surface area contributed by atoms with Crippen molar-refractivity contribution >= 4 is 27.3 Å². The molecule has 3 nitrogen and oxygen atoms in total. The van der Waals surface area contributed by atoms with Crippen LogP contribution >= 0.6 is 15.9 Å². The van der Waals surface area contributed by atoms with Crippen LogP contribution in [0, 0.1) is 6.92 Å². The summed E-state index contributed by atoms with van der Waals surface area (Å²) in [6.45, 7) is 8.50. The molecule has 0 saturated heterocycles. The molecule has 0 aliphatic heterocycles. The van der Waals surface area contributed by atoms with Crippen LogP contribution in [0.2, 0.25) is 0 Å². The summed E-state index contributed by atoms with van der Waals surface area (Å²) in [6.07, 6.45) is 0. The van der Waals surface area contributed by atoms with E-state index in [0.29, 0.717) is 6.04 Å². The van der Waals surface area contributed by atoms with Gasteiger partial charge >= 0.3 is 0 Å². The van der Waals surface area contributed by atoms with Crippen LogP contribution in [0.25, 0.3) is 0 Å². The molecule has 0 amide bonds. The van der Waals surface area contributed by atoms with Gasteiger partial charge in [0.1, 0.15) is 0 Å². The molecule has 0 radical (unpaired) electrons. The highest BCUT2D eigenvalue weighted by molar-refractivity contribution is 9.10. The van der Waals surface area contributed by atoms with Gasteiger partial charge in [0.15, 0.2) is 0 Å². The molecule has 4 heteroatoms. The van der Waals surface area contributed by atoms with Crippen LogP contribution in [-0.2, 0) is 0 Å². The second-order valence-corrected chi connectivity index (χ2v) is 5.91. The topological polar surface area (TPSA) is 32.5 Å². The zero-order chi connectivity index (χ0) is 13.9. The summed E-state index contributed by atoms with van der Waals surface area (Å²) >= 11 is 3.62. The Labute approximate surface area is 119 Å². The summed E-state index contributed by atoms with van der Waals surface area (Å²) in [5, 5.41) is 0. The van der Waals surface area contributed by atoms with Crippen LogP contribution in [0.3, 0.4) is 0 Å². The van der Waals surface area contributed by atoms with E-state index in [4.69, 9.17) is 5.73 Å². The van der Waals surface area contributed by atoms with Gasteiger partial charge in [-0.3, -0.25) is 0 Å². The summed E-state index contributed by atoms with van der Waals surface area (Å²) in [5.41, 5.74) is 9.12. The number of anilines is 2. The first-order valence-electron chi connectivity index (χ1n) is 6.33. The van der Waals surface area contributed by atoms with Crippen molar-refractivity contribution < 1.29 is 0 Å². The number of rotatable bonds is 5. The van der Waals surface area contributed by atoms with Crippen molar-refractivity contribution in [2.24, 2.45) is 0 Å². The van der Waals surface area contributed by atoms with E-state index in [1.165, 1.54) is 5.69 Å². The van der Waals surface area contributed by atoms with Crippen molar-refractivity contribution in [3.63, 3.8) is 0 Å². The Morgan fingerprint density at radius 1 is 1.33 bits per heavy atom. The second-order valence-electron chi connectivity index (χ2n) is 5.06.